The van der Waals surface area contributed by atoms with Gasteiger partial charge in [-0.25, -0.2) is 4.98 Å². The van der Waals surface area contributed by atoms with Gasteiger partial charge < -0.3 is 15.2 Å². The van der Waals surface area contributed by atoms with E-state index < -0.39 is 12.0 Å². The van der Waals surface area contributed by atoms with Crippen LogP contribution in [-0.4, -0.2) is 21.4 Å². The first kappa shape index (κ1) is 21.6. The molecule has 0 atom stereocenters. The van der Waals surface area contributed by atoms with Crippen LogP contribution in [0.5, 0.6) is 0 Å². The van der Waals surface area contributed by atoms with Crippen LogP contribution in [0.15, 0.2) is 48.7 Å². The second kappa shape index (κ2) is 8.51. The lowest BCUT2D eigenvalue weighted by Gasteiger charge is -2.16. The molecule has 4 N–H and O–H groups in total. The zero-order chi connectivity index (χ0) is 22.9. The number of amides is 2. The van der Waals surface area contributed by atoms with Crippen LogP contribution in [0, 0.1) is 6.92 Å². The molecule has 0 bridgehead atoms. The summed E-state index contributed by atoms with van der Waals surface area (Å²) in [7, 11) is 0. The van der Waals surface area contributed by atoms with Crippen molar-refractivity contribution < 1.29 is 18.4 Å². The van der Waals surface area contributed by atoms with Crippen LogP contribution in [0.1, 0.15) is 49.8 Å². The lowest BCUT2D eigenvalue weighted by molar-refractivity contribution is 0.00195. The van der Waals surface area contributed by atoms with Crippen molar-refractivity contribution in [3.8, 4) is 0 Å². The summed E-state index contributed by atoms with van der Waals surface area (Å²) >= 11 is 0. The van der Waals surface area contributed by atoms with Crippen molar-refractivity contribution in [2.75, 3.05) is 5.32 Å². The number of imidazole rings is 1. The van der Waals surface area contributed by atoms with E-state index >= 15 is 0 Å². The van der Waals surface area contributed by atoms with Gasteiger partial charge in [0.15, 0.2) is 0 Å². The number of aryl methyl sites for hydroxylation is 2. The maximum Gasteiger partial charge on any atom is 0.327 e. The quantitative estimate of drug-likeness (QED) is 0.513. The molecule has 0 saturated carbocycles. The number of nitrogens with zero attached hydrogens (tertiary/aromatic N) is 2. The van der Waals surface area contributed by atoms with Crippen LogP contribution >= 0.6 is 0 Å². The number of alkyl halides is 2. The Kier molecular flexibility index (Phi) is 5.75. The van der Waals surface area contributed by atoms with E-state index in [0.717, 1.165) is 30.8 Å². The Balaban J connectivity index is 1.48. The highest BCUT2D eigenvalue weighted by molar-refractivity contribution is 6.04. The predicted molar refractivity (Wildman–Crippen MR) is 115 cm³/mol. The van der Waals surface area contributed by atoms with Gasteiger partial charge in [-0.15, -0.1) is 0 Å². The highest BCUT2D eigenvalue weighted by Crippen LogP contribution is 2.25. The second-order valence-corrected chi connectivity index (χ2v) is 7.76. The molecule has 1 aliphatic heterocycles. The maximum absolute atomic E-state index is 13.6. The van der Waals surface area contributed by atoms with Crippen LogP contribution < -0.4 is 16.4 Å². The molecule has 0 saturated heterocycles. The van der Waals surface area contributed by atoms with Gasteiger partial charge in [0.2, 0.25) is 0 Å². The lowest BCUT2D eigenvalue weighted by atomic mass is 10.1. The Labute approximate surface area is 183 Å². The molecule has 0 unspecified atom stereocenters. The predicted octanol–water partition coefficient (Wildman–Crippen LogP) is 3.33. The lowest BCUT2D eigenvalue weighted by Crippen LogP contribution is -2.29. The highest BCUT2D eigenvalue weighted by Gasteiger charge is 2.28. The van der Waals surface area contributed by atoms with E-state index in [2.05, 4.69) is 15.6 Å². The van der Waals surface area contributed by atoms with Gasteiger partial charge in [0.05, 0.1) is 6.20 Å². The molecule has 32 heavy (non-hydrogen) atoms. The van der Waals surface area contributed by atoms with Gasteiger partial charge in [-0.05, 0) is 36.6 Å². The number of carbonyl (C=O) groups excluding carboxylic acids is 2. The molecule has 1 aliphatic rings. The van der Waals surface area contributed by atoms with Gasteiger partial charge in [-0.1, -0.05) is 30.3 Å². The third-order valence-electron chi connectivity index (χ3n) is 5.52. The molecule has 2 heterocycles. The molecule has 0 spiro atoms. The van der Waals surface area contributed by atoms with E-state index in [1.807, 2.05) is 11.5 Å². The number of halogens is 2. The van der Waals surface area contributed by atoms with Crippen molar-refractivity contribution in [2.45, 2.75) is 38.9 Å². The van der Waals surface area contributed by atoms with E-state index in [9.17, 15) is 18.4 Å². The van der Waals surface area contributed by atoms with E-state index in [0.29, 0.717) is 16.9 Å². The van der Waals surface area contributed by atoms with E-state index in [4.69, 9.17) is 5.73 Å². The first-order valence-corrected chi connectivity index (χ1v) is 10.2. The van der Waals surface area contributed by atoms with E-state index in [-0.39, 0.29) is 23.6 Å². The smallest absolute Gasteiger partial charge is 0.327 e. The Hall–Kier alpha value is -3.59. The average Bonchev–Trinajstić information content (AvgIpc) is 3.37. The Morgan fingerprint density at radius 2 is 1.97 bits per heavy atom. The summed E-state index contributed by atoms with van der Waals surface area (Å²) in [6.45, 7) is 2.46. The van der Waals surface area contributed by atoms with Crippen LogP contribution in [0.4, 0.5) is 14.5 Å². The largest absolute Gasteiger partial charge is 0.348 e. The standard InChI is InChI=1S/C23H23F2N5O2/c1-14-8-9-15(21(31)28-12-16-5-2-3-6-17(16)23(24,25)26)11-18(14)29-22(32)19-13-27-20-7-4-10-30(19)20/h2-3,5-6,8-9,11,13H,4,7,10,12,26H2,1H3,(H,28,31)(H,29,32). The second-order valence-electron chi connectivity index (χ2n) is 7.76. The summed E-state index contributed by atoms with van der Waals surface area (Å²) in [4.78, 5) is 29.7. The van der Waals surface area contributed by atoms with Crippen molar-refractivity contribution in [3.63, 3.8) is 0 Å². The fourth-order valence-electron chi connectivity index (χ4n) is 3.80. The summed E-state index contributed by atoms with van der Waals surface area (Å²) in [5.41, 5.74) is 6.87. The summed E-state index contributed by atoms with van der Waals surface area (Å²) in [6.07, 6.45) is 3.36. The molecule has 0 radical (unpaired) electrons. The summed E-state index contributed by atoms with van der Waals surface area (Å²) in [5.74, 6) is 0.134. The van der Waals surface area contributed by atoms with Crippen LogP contribution in [0.3, 0.4) is 0 Å². The molecule has 0 aliphatic carbocycles. The minimum absolute atomic E-state index is 0.112. The molecule has 7 nitrogen and oxygen atoms in total. The third kappa shape index (κ3) is 4.38. The Morgan fingerprint density at radius 3 is 2.75 bits per heavy atom. The van der Waals surface area contributed by atoms with Gasteiger partial charge in [-0.3, -0.25) is 15.3 Å². The van der Waals surface area contributed by atoms with Crippen LogP contribution in [-0.2, 0) is 25.6 Å². The average molecular weight is 439 g/mol. The van der Waals surface area contributed by atoms with Crippen molar-refractivity contribution in [1.82, 2.24) is 14.9 Å². The monoisotopic (exact) mass is 439 g/mol. The first-order valence-electron chi connectivity index (χ1n) is 10.2. The van der Waals surface area contributed by atoms with Crippen molar-refractivity contribution in [2.24, 2.45) is 5.73 Å². The number of nitrogens with one attached hydrogen (secondary N) is 2. The van der Waals surface area contributed by atoms with Gasteiger partial charge in [-0.2, -0.15) is 8.78 Å². The van der Waals surface area contributed by atoms with Gasteiger partial charge in [0.1, 0.15) is 11.5 Å². The molecule has 1 aromatic heterocycles. The molecule has 2 amide bonds. The van der Waals surface area contributed by atoms with Crippen molar-refractivity contribution in [3.05, 3.63) is 82.4 Å². The number of rotatable bonds is 6. The van der Waals surface area contributed by atoms with E-state index in [1.165, 1.54) is 18.2 Å². The maximum atomic E-state index is 13.6. The van der Waals surface area contributed by atoms with Gasteiger partial charge in [0.25, 0.3) is 11.8 Å². The molecular formula is C23H23F2N5O2. The number of hydrogen-bond donors (Lipinski definition) is 3. The van der Waals surface area contributed by atoms with Crippen molar-refractivity contribution >= 4 is 17.5 Å². The van der Waals surface area contributed by atoms with Crippen molar-refractivity contribution in [1.29, 1.82) is 0 Å². The number of benzene rings is 2. The Morgan fingerprint density at radius 1 is 1.19 bits per heavy atom. The molecular weight excluding hydrogens is 416 g/mol. The zero-order valence-electron chi connectivity index (χ0n) is 17.5. The number of fused-ring (bicyclic) bond motifs is 1. The fourth-order valence-corrected chi connectivity index (χ4v) is 3.80. The molecule has 166 valence electrons. The molecule has 4 rings (SSSR count). The normalized spacial score (nSPS) is 13.0. The summed E-state index contributed by atoms with van der Waals surface area (Å²) < 4.78 is 29.1. The van der Waals surface area contributed by atoms with Crippen LogP contribution in [0.2, 0.25) is 0 Å². The SMILES string of the molecule is Cc1ccc(C(=O)NCc2ccccc2C(N)(F)F)cc1NC(=O)c1cnc2n1CCC2. The third-order valence-corrected chi connectivity index (χ3v) is 5.52. The number of carbonyl (C=O) groups is 2. The summed E-state index contributed by atoms with van der Waals surface area (Å²) in [5, 5.41) is 5.48. The van der Waals surface area contributed by atoms with Crippen LogP contribution in [0.25, 0.3) is 0 Å². The number of aromatic nitrogens is 2. The minimum Gasteiger partial charge on any atom is -0.348 e. The highest BCUT2D eigenvalue weighted by atomic mass is 19.3. The molecule has 9 heteroatoms. The number of hydrogen-bond acceptors (Lipinski definition) is 4. The minimum atomic E-state index is -3.50. The van der Waals surface area contributed by atoms with E-state index in [1.54, 1.807) is 30.5 Å². The first-order chi connectivity index (χ1) is 15.2. The van der Waals surface area contributed by atoms with Gasteiger partial charge >= 0.3 is 6.05 Å². The fraction of sp³-hybridized carbons (Fsp3) is 0.261. The Bertz CT molecular complexity index is 1180. The number of anilines is 1. The molecule has 3 aromatic rings. The molecule has 2 aromatic carbocycles. The van der Waals surface area contributed by atoms with Gasteiger partial charge in [0, 0.05) is 36.3 Å². The summed E-state index contributed by atoms with van der Waals surface area (Å²) in [6, 6.07) is 7.17. The number of nitrogens with two attached hydrogens (primary N) is 1. The zero-order valence-corrected chi connectivity index (χ0v) is 17.5. The topological polar surface area (TPSA) is 102 Å². The molecule has 0 fully saturated rings.